The third-order valence-corrected chi connectivity index (χ3v) is 46.3. The first kappa shape index (κ1) is 33.7. The maximum atomic E-state index is 7.69. The summed E-state index contributed by atoms with van der Waals surface area (Å²) in [5.41, 5.74) is 0. The molecule has 0 radical (unpaired) electrons. The Kier molecular flexibility index (Phi) is 21.6. The SMILES string of the molecule is CCCCCCC[CH2][Sn]([Cl])([O][Sn]([Cl])([Cl])[Cl])[C](CCCC)(CCCC)CCCCCCC. The molecule has 0 amide bonds. The van der Waals surface area contributed by atoms with Crippen LogP contribution in [0.2, 0.25) is 7.87 Å². The Morgan fingerprint density at radius 1 is 0.516 bits per heavy atom. The van der Waals surface area contributed by atoms with Crippen LogP contribution in [0.4, 0.5) is 0 Å². The molecule has 0 aromatic rings. The summed E-state index contributed by atoms with van der Waals surface area (Å²) in [6.45, 7) is 9.09. The van der Waals surface area contributed by atoms with Crippen molar-refractivity contribution in [3.8, 4) is 0 Å². The Morgan fingerprint density at radius 3 is 1.35 bits per heavy atom. The molecule has 31 heavy (non-hydrogen) atoms. The first-order valence-corrected chi connectivity index (χ1v) is 33.4. The second-order valence-electron chi connectivity index (χ2n) is 9.45. The predicted octanol–water partition coefficient (Wildman–Crippen LogP) is 11.7. The van der Waals surface area contributed by atoms with Crippen molar-refractivity contribution in [3.05, 3.63) is 0 Å². The Bertz CT molecular complexity index is 413. The molecule has 0 aromatic heterocycles. The minimum absolute atomic E-state index is 0.110. The van der Waals surface area contributed by atoms with Crippen LogP contribution in [0, 0.1) is 0 Å². The molecule has 188 valence electrons. The molecule has 0 bridgehead atoms. The summed E-state index contributed by atoms with van der Waals surface area (Å²) in [5.74, 6) is 0. The predicted molar refractivity (Wildman–Crippen MR) is 149 cm³/mol. The molecule has 0 rings (SSSR count). The van der Waals surface area contributed by atoms with E-state index in [1.807, 2.05) is 0 Å². The van der Waals surface area contributed by atoms with E-state index < -0.39 is 33.1 Å². The third-order valence-electron chi connectivity index (χ3n) is 6.70. The molecule has 0 heterocycles. The molecule has 7 heteroatoms. The molecule has 0 aliphatic rings. The molecule has 0 saturated heterocycles. The zero-order valence-corrected chi connectivity index (χ0v) is 29.6. The van der Waals surface area contributed by atoms with Crippen LogP contribution < -0.4 is 0 Å². The first-order chi connectivity index (χ1) is 14.7. The molecule has 0 N–H and O–H groups in total. The van der Waals surface area contributed by atoms with E-state index in [4.69, 9.17) is 37.1 Å². The molecule has 0 saturated carbocycles. The van der Waals surface area contributed by atoms with E-state index in [-0.39, 0.29) is 3.43 Å². The molecule has 0 aromatic carbocycles. The average Bonchev–Trinajstić information content (AvgIpc) is 2.70. The summed E-state index contributed by atoms with van der Waals surface area (Å²) in [5, 5.41) is 0. The van der Waals surface area contributed by atoms with Gasteiger partial charge in [-0.3, -0.25) is 0 Å². The fourth-order valence-corrected chi connectivity index (χ4v) is 59.2. The van der Waals surface area contributed by atoms with Crippen molar-refractivity contribution in [1.29, 1.82) is 0 Å². The summed E-state index contributed by atoms with van der Waals surface area (Å²) in [7, 11) is 27.1. The summed E-state index contributed by atoms with van der Waals surface area (Å²) >= 11 is -7.70. The third kappa shape index (κ3) is 15.4. The zero-order chi connectivity index (χ0) is 23.6. The van der Waals surface area contributed by atoms with Crippen LogP contribution in [0.5, 0.6) is 0 Å². The van der Waals surface area contributed by atoms with Gasteiger partial charge in [0.15, 0.2) is 0 Å². The monoisotopic (exact) mass is 734 g/mol. The molecule has 0 aliphatic heterocycles. The van der Waals surface area contributed by atoms with Crippen molar-refractivity contribution >= 4 is 68.8 Å². The van der Waals surface area contributed by atoms with Crippen LogP contribution >= 0.6 is 35.7 Å². The number of unbranched alkanes of at least 4 members (excludes halogenated alkanes) is 11. The van der Waals surface area contributed by atoms with Crippen LogP contribution in [0.3, 0.4) is 0 Å². The van der Waals surface area contributed by atoms with Crippen LogP contribution in [0.15, 0.2) is 0 Å². The van der Waals surface area contributed by atoms with E-state index in [0.717, 1.165) is 10.9 Å². The van der Waals surface area contributed by atoms with Gasteiger partial charge >= 0.3 is 221 Å². The van der Waals surface area contributed by atoms with E-state index in [1.54, 1.807) is 0 Å². The van der Waals surface area contributed by atoms with Crippen molar-refractivity contribution in [1.82, 2.24) is 0 Å². The number of hydrogen-bond donors (Lipinski definition) is 0. The summed E-state index contributed by atoms with van der Waals surface area (Å²) in [6, 6.07) is 0. The second kappa shape index (κ2) is 19.9. The van der Waals surface area contributed by atoms with Crippen LogP contribution in [0.1, 0.15) is 143 Å². The van der Waals surface area contributed by atoms with Gasteiger partial charge in [-0.1, -0.05) is 0 Å². The van der Waals surface area contributed by atoms with Crippen molar-refractivity contribution < 1.29 is 1.41 Å². The molecule has 0 fully saturated rings. The quantitative estimate of drug-likeness (QED) is 0.0795. The van der Waals surface area contributed by atoms with Gasteiger partial charge in [0.05, 0.1) is 0 Å². The molecule has 1 unspecified atom stereocenters. The van der Waals surface area contributed by atoms with Crippen molar-refractivity contribution in [3.63, 3.8) is 0 Å². The summed E-state index contributed by atoms with van der Waals surface area (Å²) in [4.78, 5) is 0. The van der Waals surface area contributed by atoms with Crippen molar-refractivity contribution in [2.24, 2.45) is 0 Å². The molecular formula is C24H50Cl4OSn2. The van der Waals surface area contributed by atoms with Gasteiger partial charge in [-0.15, -0.1) is 0 Å². The first-order valence-electron chi connectivity index (χ1n) is 13.2. The van der Waals surface area contributed by atoms with Crippen LogP contribution in [-0.2, 0) is 1.41 Å². The Morgan fingerprint density at radius 2 is 0.903 bits per heavy atom. The van der Waals surface area contributed by atoms with E-state index in [2.05, 4.69) is 27.7 Å². The van der Waals surface area contributed by atoms with Gasteiger partial charge in [0.25, 0.3) is 0 Å². The van der Waals surface area contributed by atoms with Gasteiger partial charge in [0.2, 0.25) is 0 Å². The molecule has 0 spiro atoms. The van der Waals surface area contributed by atoms with E-state index in [0.29, 0.717) is 0 Å². The maximum absolute atomic E-state index is 7.69. The summed E-state index contributed by atoms with van der Waals surface area (Å²) < 4.78 is 7.69. The molecule has 1 nitrogen and oxygen atoms in total. The molecule has 1 atom stereocenters. The van der Waals surface area contributed by atoms with Gasteiger partial charge in [0.1, 0.15) is 0 Å². The van der Waals surface area contributed by atoms with Gasteiger partial charge in [0, 0.05) is 0 Å². The molecule has 0 aliphatic carbocycles. The van der Waals surface area contributed by atoms with Gasteiger partial charge in [-0.05, 0) is 0 Å². The average molecular weight is 734 g/mol. The Balaban J connectivity index is 5.60. The fourth-order valence-electron chi connectivity index (χ4n) is 4.77. The number of halogens is 4. The fraction of sp³-hybridized carbons (Fsp3) is 1.00. The van der Waals surface area contributed by atoms with Gasteiger partial charge in [-0.2, -0.15) is 0 Å². The topological polar surface area (TPSA) is 9.23 Å². The van der Waals surface area contributed by atoms with Gasteiger partial charge < -0.3 is 0 Å². The van der Waals surface area contributed by atoms with Gasteiger partial charge in [-0.25, -0.2) is 0 Å². The number of hydrogen-bond acceptors (Lipinski definition) is 1. The van der Waals surface area contributed by atoms with Crippen molar-refractivity contribution in [2.45, 2.75) is 151 Å². The minimum atomic E-state index is -4.03. The Labute approximate surface area is 219 Å². The van der Waals surface area contributed by atoms with E-state index in [1.165, 1.54) is 109 Å². The molecular weight excluding hydrogens is 683 g/mol. The van der Waals surface area contributed by atoms with Crippen molar-refractivity contribution in [2.75, 3.05) is 0 Å². The van der Waals surface area contributed by atoms with Crippen LogP contribution in [0.25, 0.3) is 0 Å². The second-order valence-corrected chi connectivity index (χ2v) is 43.8. The number of rotatable bonds is 22. The zero-order valence-electron chi connectivity index (χ0n) is 20.9. The van der Waals surface area contributed by atoms with E-state index >= 15 is 0 Å². The summed E-state index contributed by atoms with van der Waals surface area (Å²) in [6.07, 6.45) is 22.4. The Hall–Kier alpha value is 2.72. The standard InChI is InChI=1S/C16H33.C8H17.4ClH.O.2Sn/c1-4-7-10-11-12-15-16(13-8-5-2)14-9-6-3;1-3-5-7-8-6-4-2;;;;;;;/h4-15H2,1-3H3;1,3-8H2,2H3;4*1H;;;/q;;;;;;;+1;+3/p-4. The van der Waals surface area contributed by atoms with Crippen LogP contribution in [-0.4, -0.2) is 33.1 Å². The van der Waals surface area contributed by atoms with E-state index in [9.17, 15) is 0 Å². The normalized spacial score (nSPS) is 14.7.